The molecule has 1 aliphatic carbocycles. The molecule has 3 heteroatoms. The number of ether oxygens (including phenoxy) is 2. The van der Waals surface area contributed by atoms with Gasteiger partial charge >= 0.3 is 0 Å². The van der Waals surface area contributed by atoms with Crippen molar-refractivity contribution in [3.63, 3.8) is 0 Å². The van der Waals surface area contributed by atoms with E-state index in [-0.39, 0.29) is 5.41 Å². The van der Waals surface area contributed by atoms with Crippen LogP contribution in [0.1, 0.15) is 47.0 Å². The van der Waals surface area contributed by atoms with Gasteiger partial charge in [0.15, 0.2) is 0 Å². The summed E-state index contributed by atoms with van der Waals surface area (Å²) in [4.78, 5) is 0. The first kappa shape index (κ1) is 15.3. The van der Waals surface area contributed by atoms with E-state index >= 15 is 0 Å². The van der Waals surface area contributed by atoms with Crippen LogP contribution in [0.15, 0.2) is 0 Å². The number of nitrogens with one attached hydrogen (secondary N) is 1. The van der Waals surface area contributed by atoms with E-state index in [9.17, 15) is 0 Å². The maximum Gasteiger partial charge on any atom is 0.0656 e. The number of rotatable bonds is 6. The van der Waals surface area contributed by atoms with E-state index in [2.05, 4.69) is 33.0 Å². The molecule has 1 heterocycles. The van der Waals surface area contributed by atoms with Crippen molar-refractivity contribution in [1.29, 1.82) is 0 Å². The van der Waals surface area contributed by atoms with Crippen LogP contribution in [0.2, 0.25) is 0 Å². The molecule has 1 N–H and O–H groups in total. The average Bonchev–Trinajstić information content (AvgIpc) is 2.37. The van der Waals surface area contributed by atoms with E-state index in [1.165, 1.54) is 12.8 Å². The Labute approximate surface area is 118 Å². The van der Waals surface area contributed by atoms with Crippen molar-refractivity contribution in [2.45, 2.75) is 59.1 Å². The van der Waals surface area contributed by atoms with Crippen LogP contribution in [0.3, 0.4) is 0 Å². The molecule has 1 saturated heterocycles. The molecule has 3 unspecified atom stereocenters. The monoisotopic (exact) mass is 269 g/mol. The largest absolute Gasteiger partial charge is 0.381 e. The quantitative estimate of drug-likeness (QED) is 0.804. The lowest BCUT2D eigenvalue weighted by Crippen LogP contribution is -2.61. The van der Waals surface area contributed by atoms with Crippen LogP contribution in [0.4, 0.5) is 0 Å². The maximum atomic E-state index is 6.01. The van der Waals surface area contributed by atoms with E-state index < -0.39 is 0 Å². The predicted molar refractivity (Wildman–Crippen MR) is 78.3 cm³/mol. The van der Waals surface area contributed by atoms with E-state index in [1.807, 2.05) is 0 Å². The molecule has 2 rings (SSSR count). The molecule has 1 aliphatic heterocycles. The summed E-state index contributed by atoms with van der Waals surface area (Å²) in [6.07, 6.45) is 4.12. The molecule has 112 valence electrons. The Balaban J connectivity index is 1.68. The van der Waals surface area contributed by atoms with Gasteiger partial charge in [0.1, 0.15) is 0 Å². The fraction of sp³-hybridized carbons (Fsp3) is 1.00. The molecule has 3 atom stereocenters. The molecular weight excluding hydrogens is 238 g/mol. The highest BCUT2D eigenvalue weighted by atomic mass is 16.5. The van der Waals surface area contributed by atoms with Crippen molar-refractivity contribution in [3.05, 3.63) is 0 Å². The highest BCUT2D eigenvalue weighted by Gasteiger charge is 2.48. The molecule has 3 nitrogen and oxygen atoms in total. The smallest absolute Gasteiger partial charge is 0.0656 e. The third-order valence-electron chi connectivity index (χ3n) is 4.72. The first-order valence-electron chi connectivity index (χ1n) is 7.93. The minimum absolute atomic E-state index is 0.268. The van der Waals surface area contributed by atoms with Crippen molar-refractivity contribution in [3.8, 4) is 0 Å². The SMILES string of the molecule is CC(C)COC1CC(NCC2CCCOC2)C1(C)C. The average molecular weight is 269 g/mol. The van der Waals surface area contributed by atoms with Crippen molar-refractivity contribution in [1.82, 2.24) is 5.32 Å². The van der Waals surface area contributed by atoms with Crippen LogP contribution in [0.5, 0.6) is 0 Å². The molecule has 1 saturated carbocycles. The van der Waals surface area contributed by atoms with Gasteiger partial charge in [-0.3, -0.25) is 0 Å². The van der Waals surface area contributed by atoms with Gasteiger partial charge < -0.3 is 14.8 Å². The molecule has 19 heavy (non-hydrogen) atoms. The Bertz CT molecular complexity index is 272. The maximum absolute atomic E-state index is 6.01. The predicted octanol–water partition coefficient (Wildman–Crippen LogP) is 2.84. The van der Waals surface area contributed by atoms with Gasteiger partial charge in [-0.1, -0.05) is 27.7 Å². The third kappa shape index (κ3) is 3.93. The van der Waals surface area contributed by atoms with Crippen molar-refractivity contribution < 1.29 is 9.47 Å². The Hall–Kier alpha value is -0.120. The summed E-state index contributed by atoms with van der Waals surface area (Å²) in [6, 6.07) is 0.603. The van der Waals surface area contributed by atoms with Gasteiger partial charge in [-0.2, -0.15) is 0 Å². The molecule has 0 radical (unpaired) electrons. The highest BCUT2D eigenvalue weighted by Crippen LogP contribution is 2.43. The molecule has 0 aromatic carbocycles. The minimum atomic E-state index is 0.268. The van der Waals surface area contributed by atoms with Gasteiger partial charge in [0.05, 0.1) is 12.7 Å². The van der Waals surface area contributed by atoms with Crippen LogP contribution in [0, 0.1) is 17.3 Å². The molecule has 0 aromatic rings. The van der Waals surface area contributed by atoms with Crippen molar-refractivity contribution >= 4 is 0 Å². The second-order valence-corrected chi connectivity index (χ2v) is 7.32. The van der Waals surface area contributed by atoms with Crippen molar-refractivity contribution in [2.24, 2.45) is 17.3 Å². The second-order valence-electron chi connectivity index (χ2n) is 7.32. The van der Waals surface area contributed by atoms with E-state index in [4.69, 9.17) is 9.47 Å². The Morgan fingerprint density at radius 1 is 1.37 bits per heavy atom. The lowest BCUT2D eigenvalue weighted by molar-refractivity contribution is -0.124. The van der Waals surface area contributed by atoms with Crippen LogP contribution in [-0.2, 0) is 9.47 Å². The Kier molecular flexibility index (Phi) is 5.27. The summed E-state index contributed by atoms with van der Waals surface area (Å²) in [5.74, 6) is 1.34. The molecule has 0 spiro atoms. The fourth-order valence-corrected chi connectivity index (χ4v) is 3.10. The zero-order chi connectivity index (χ0) is 13.9. The normalized spacial score (nSPS) is 34.3. The second kappa shape index (κ2) is 6.55. The molecule has 2 aliphatic rings. The first-order chi connectivity index (χ1) is 9.00. The first-order valence-corrected chi connectivity index (χ1v) is 7.93. The summed E-state index contributed by atoms with van der Waals surface area (Å²) in [7, 11) is 0. The summed E-state index contributed by atoms with van der Waals surface area (Å²) in [5, 5.41) is 3.74. The van der Waals surface area contributed by atoms with E-state index in [0.717, 1.165) is 32.8 Å². The van der Waals surface area contributed by atoms with Crippen molar-refractivity contribution in [2.75, 3.05) is 26.4 Å². The zero-order valence-electron chi connectivity index (χ0n) is 13.1. The summed E-state index contributed by atoms with van der Waals surface area (Å²) in [6.45, 7) is 13.0. The van der Waals surface area contributed by atoms with Gasteiger partial charge in [0, 0.05) is 31.2 Å². The summed E-state index contributed by atoms with van der Waals surface area (Å²) >= 11 is 0. The minimum Gasteiger partial charge on any atom is -0.381 e. The zero-order valence-corrected chi connectivity index (χ0v) is 13.1. The standard InChI is InChI=1S/C16H31NO2/c1-12(2)10-19-15-8-14(16(15,3)4)17-9-13-6-5-7-18-11-13/h12-15,17H,5-11H2,1-4H3. The number of hydrogen-bond acceptors (Lipinski definition) is 3. The lowest BCUT2D eigenvalue weighted by Gasteiger charge is -2.52. The van der Waals surface area contributed by atoms with Crippen LogP contribution >= 0.6 is 0 Å². The summed E-state index contributed by atoms with van der Waals surface area (Å²) in [5.41, 5.74) is 0.268. The van der Waals surface area contributed by atoms with Crippen LogP contribution in [-0.4, -0.2) is 38.5 Å². The summed E-state index contributed by atoms with van der Waals surface area (Å²) < 4.78 is 11.6. The molecule has 0 aromatic heterocycles. The molecule has 0 bridgehead atoms. The third-order valence-corrected chi connectivity index (χ3v) is 4.72. The molecular formula is C16H31NO2. The number of hydrogen-bond donors (Lipinski definition) is 1. The van der Waals surface area contributed by atoms with Gasteiger partial charge in [-0.25, -0.2) is 0 Å². The fourth-order valence-electron chi connectivity index (χ4n) is 3.10. The van der Waals surface area contributed by atoms with E-state index in [0.29, 0.717) is 24.0 Å². The Morgan fingerprint density at radius 3 is 2.74 bits per heavy atom. The van der Waals surface area contributed by atoms with Gasteiger partial charge in [-0.05, 0) is 31.1 Å². The Morgan fingerprint density at radius 2 is 2.16 bits per heavy atom. The van der Waals surface area contributed by atoms with Crippen LogP contribution < -0.4 is 5.32 Å². The topological polar surface area (TPSA) is 30.5 Å². The van der Waals surface area contributed by atoms with Gasteiger partial charge in [0.25, 0.3) is 0 Å². The highest BCUT2D eigenvalue weighted by molar-refractivity contribution is 5.03. The lowest BCUT2D eigenvalue weighted by atomic mass is 9.64. The van der Waals surface area contributed by atoms with Gasteiger partial charge in [0.2, 0.25) is 0 Å². The van der Waals surface area contributed by atoms with Gasteiger partial charge in [-0.15, -0.1) is 0 Å². The van der Waals surface area contributed by atoms with Crippen LogP contribution in [0.25, 0.3) is 0 Å². The molecule has 0 amide bonds. The van der Waals surface area contributed by atoms with E-state index in [1.54, 1.807) is 0 Å². The molecule has 2 fully saturated rings.